The summed E-state index contributed by atoms with van der Waals surface area (Å²) in [5.74, 6) is -0.368. The Hall–Kier alpha value is -1.29. The van der Waals surface area contributed by atoms with Crippen molar-refractivity contribution in [3.8, 4) is 0 Å². The quantitative estimate of drug-likeness (QED) is 0.104. The van der Waals surface area contributed by atoms with E-state index in [2.05, 4.69) is 19.1 Å². The summed E-state index contributed by atoms with van der Waals surface area (Å²) in [5, 5.41) is 19.3. The molecule has 0 bridgehead atoms. The molecule has 0 aromatic heterocycles. The number of hydrogen-bond acceptors (Lipinski definition) is 6. The Morgan fingerprint density at radius 3 is 2.18 bits per heavy atom. The second kappa shape index (κ2) is 17.2. The van der Waals surface area contributed by atoms with E-state index < -0.39 is 22.0 Å². The second-order valence-electron chi connectivity index (χ2n) is 8.95. The fraction of sp³-hybridized carbons (Fsp3) is 0.833. The Morgan fingerprint density at radius 2 is 1.64 bits per heavy atom. The van der Waals surface area contributed by atoms with Gasteiger partial charge in [-0.1, -0.05) is 63.5 Å². The van der Waals surface area contributed by atoms with E-state index >= 15 is 0 Å². The number of carbonyl (C=O) groups excluding carboxylic acids is 1. The SMILES string of the molecule is C/C=C/CCCCCCCCCCCCC(=O)C1=[N+](CC(O)CS(=O)(=O)O)CCN1CCO. The molecule has 0 aromatic carbocycles. The van der Waals surface area contributed by atoms with Gasteiger partial charge in [0.15, 0.2) is 0 Å². The number of aliphatic hydroxyl groups excluding tert-OH is 2. The van der Waals surface area contributed by atoms with Gasteiger partial charge in [-0.25, -0.2) is 0 Å². The van der Waals surface area contributed by atoms with Crippen LogP contribution < -0.4 is 0 Å². The smallest absolute Gasteiger partial charge is 0.316 e. The van der Waals surface area contributed by atoms with E-state index in [9.17, 15) is 23.4 Å². The van der Waals surface area contributed by atoms with Gasteiger partial charge in [-0.05, 0) is 26.2 Å². The fourth-order valence-electron chi connectivity index (χ4n) is 4.31. The van der Waals surface area contributed by atoms with E-state index in [1.165, 1.54) is 51.4 Å². The molecule has 3 N–H and O–H groups in total. The normalized spacial score (nSPS) is 15.7. The lowest BCUT2D eigenvalue weighted by Gasteiger charge is -2.13. The van der Waals surface area contributed by atoms with Crippen LogP contribution in [0.1, 0.15) is 84.0 Å². The van der Waals surface area contributed by atoms with Gasteiger partial charge in [-0.15, -0.1) is 0 Å². The van der Waals surface area contributed by atoms with Gasteiger partial charge in [-0.2, -0.15) is 8.42 Å². The molecule has 1 unspecified atom stereocenters. The van der Waals surface area contributed by atoms with Gasteiger partial charge in [0.1, 0.15) is 38.0 Å². The number of carbonyl (C=O) groups is 1. The summed E-state index contributed by atoms with van der Waals surface area (Å²) in [6.45, 7) is 3.26. The second-order valence-corrected chi connectivity index (χ2v) is 10.4. The number of rotatable bonds is 20. The molecule has 9 heteroatoms. The summed E-state index contributed by atoms with van der Waals surface area (Å²) < 4.78 is 32.6. The maximum Gasteiger partial charge on any atom is 0.316 e. The van der Waals surface area contributed by atoms with E-state index in [0.29, 0.717) is 31.9 Å². The zero-order valence-electron chi connectivity index (χ0n) is 20.3. The molecule has 0 radical (unpaired) electrons. The highest BCUT2D eigenvalue weighted by Crippen LogP contribution is 2.13. The van der Waals surface area contributed by atoms with E-state index in [1.807, 2.05) is 0 Å². The minimum atomic E-state index is -4.29. The van der Waals surface area contributed by atoms with Crippen molar-refractivity contribution in [2.45, 2.75) is 90.1 Å². The number of aliphatic hydroxyl groups is 2. The Morgan fingerprint density at radius 1 is 1.06 bits per heavy atom. The Bertz CT molecular complexity index is 720. The van der Waals surface area contributed by atoms with Gasteiger partial charge in [0, 0.05) is 6.42 Å². The molecule has 33 heavy (non-hydrogen) atoms. The molecule has 0 aliphatic carbocycles. The maximum absolute atomic E-state index is 12.9. The van der Waals surface area contributed by atoms with Crippen LogP contribution in [0.5, 0.6) is 0 Å². The average Bonchev–Trinajstić information content (AvgIpc) is 3.12. The van der Waals surface area contributed by atoms with Gasteiger partial charge in [-0.3, -0.25) is 18.8 Å². The Kier molecular flexibility index (Phi) is 15.5. The summed E-state index contributed by atoms with van der Waals surface area (Å²) in [4.78, 5) is 14.6. The number of nitrogens with zero attached hydrogens (tertiary/aromatic N) is 2. The third-order valence-corrected chi connectivity index (χ3v) is 6.76. The van der Waals surface area contributed by atoms with Crippen LogP contribution in [0.4, 0.5) is 0 Å². The molecule has 1 aliphatic heterocycles. The number of hydrogen-bond donors (Lipinski definition) is 3. The molecule has 192 valence electrons. The van der Waals surface area contributed by atoms with Gasteiger partial charge in [0.2, 0.25) is 5.78 Å². The number of ketones is 1. The number of unbranched alkanes of at least 4 members (excludes halogenated alkanes) is 10. The molecular formula is C24H45N2O6S+. The lowest BCUT2D eigenvalue weighted by atomic mass is 10.0. The van der Waals surface area contributed by atoms with Crippen molar-refractivity contribution < 1.29 is 32.6 Å². The number of Topliss-reactive ketones (excluding diaryl/α,β-unsaturated/α-hetero) is 1. The third-order valence-electron chi connectivity index (χ3n) is 5.95. The molecule has 0 amide bonds. The van der Waals surface area contributed by atoms with Crippen molar-refractivity contribution in [1.29, 1.82) is 0 Å². The molecule has 1 aliphatic rings. The first-order valence-electron chi connectivity index (χ1n) is 12.5. The summed E-state index contributed by atoms with van der Waals surface area (Å²) in [5.41, 5.74) is 0. The summed E-state index contributed by atoms with van der Waals surface area (Å²) in [7, 11) is -4.29. The lowest BCUT2D eigenvalue weighted by Crippen LogP contribution is -2.40. The van der Waals surface area contributed by atoms with Gasteiger partial charge in [0.05, 0.1) is 6.61 Å². The molecule has 8 nitrogen and oxygen atoms in total. The predicted molar refractivity (Wildman–Crippen MR) is 131 cm³/mol. The van der Waals surface area contributed by atoms with Crippen LogP contribution in [0.3, 0.4) is 0 Å². The Labute approximate surface area is 200 Å². The molecule has 1 atom stereocenters. The highest BCUT2D eigenvalue weighted by Gasteiger charge is 2.36. The first kappa shape index (κ1) is 29.7. The van der Waals surface area contributed by atoms with Crippen LogP contribution in [0.25, 0.3) is 0 Å². The minimum absolute atomic E-state index is 0.0436. The standard InChI is InChI=1S/C24H44N2O6S/c1-2-3-4-5-6-7-8-9-10-11-12-13-14-15-23(29)24-25(18-19-27)16-17-26(24)20-22(28)21-33(30,31)32/h2-3,22,27-28H,4-21H2,1H3/p+1/b3-2+. The first-order chi connectivity index (χ1) is 15.8. The van der Waals surface area contributed by atoms with Gasteiger partial charge >= 0.3 is 5.84 Å². The van der Waals surface area contributed by atoms with Crippen LogP contribution in [-0.2, 0) is 14.9 Å². The third kappa shape index (κ3) is 13.9. The Balaban J connectivity index is 2.32. The minimum Gasteiger partial charge on any atom is -0.392 e. The van der Waals surface area contributed by atoms with Gasteiger partial charge < -0.3 is 10.2 Å². The van der Waals surface area contributed by atoms with Crippen molar-refractivity contribution in [3.63, 3.8) is 0 Å². The maximum atomic E-state index is 12.9. The molecule has 1 rings (SSSR count). The monoisotopic (exact) mass is 489 g/mol. The summed E-state index contributed by atoms with van der Waals surface area (Å²) in [6, 6.07) is 0. The van der Waals surface area contributed by atoms with Crippen molar-refractivity contribution in [1.82, 2.24) is 4.90 Å². The van der Waals surface area contributed by atoms with E-state index in [1.54, 1.807) is 9.48 Å². The molecule has 0 spiro atoms. The predicted octanol–water partition coefficient (Wildman–Crippen LogP) is 2.78. The van der Waals surface area contributed by atoms with Crippen molar-refractivity contribution in [2.75, 3.05) is 38.5 Å². The summed E-state index contributed by atoms with van der Waals surface area (Å²) in [6.07, 6.45) is 16.4. The molecular weight excluding hydrogens is 444 g/mol. The van der Waals surface area contributed by atoms with E-state index in [0.717, 1.165) is 19.3 Å². The van der Waals surface area contributed by atoms with Crippen LogP contribution in [0.2, 0.25) is 0 Å². The van der Waals surface area contributed by atoms with E-state index in [4.69, 9.17) is 4.55 Å². The number of β-amino-alcohol motifs (C(OH)–C–C–N with tert-alkyl or cyclic N) is 2. The van der Waals surface area contributed by atoms with E-state index in [-0.39, 0.29) is 18.9 Å². The fourth-order valence-corrected chi connectivity index (χ4v) is 4.90. The molecule has 0 saturated carbocycles. The zero-order chi connectivity index (χ0) is 24.5. The zero-order valence-corrected chi connectivity index (χ0v) is 21.1. The summed E-state index contributed by atoms with van der Waals surface area (Å²) >= 11 is 0. The highest BCUT2D eigenvalue weighted by atomic mass is 32.2. The molecule has 1 heterocycles. The largest absolute Gasteiger partial charge is 0.392 e. The van der Waals surface area contributed by atoms with Gasteiger partial charge in [0.25, 0.3) is 10.1 Å². The average molecular weight is 490 g/mol. The lowest BCUT2D eigenvalue weighted by molar-refractivity contribution is -0.525. The van der Waals surface area contributed by atoms with Crippen molar-refractivity contribution >= 4 is 21.7 Å². The van der Waals surface area contributed by atoms with Crippen molar-refractivity contribution in [2.24, 2.45) is 0 Å². The van der Waals surface area contributed by atoms with Crippen molar-refractivity contribution in [3.05, 3.63) is 12.2 Å². The molecule has 0 fully saturated rings. The highest BCUT2D eigenvalue weighted by molar-refractivity contribution is 7.85. The number of allylic oxidation sites excluding steroid dienone is 2. The number of amidine groups is 1. The molecule has 0 saturated heterocycles. The first-order valence-corrected chi connectivity index (χ1v) is 14.1. The van der Waals surface area contributed by atoms with Crippen LogP contribution >= 0.6 is 0 Å². The van der Waals surface area contributed by atoms with Crippen LogP contribution in [-0.4, -0.2) is 88.9 Å². The topological polar surface area (TPSA) is 118 Å². The molecule has 0 aromatic rings. The van der Waals surface area contributed by atoms with Crippen LogP contribution in [0.15, 0.2) is 12.2 Å². The van der Waals surface area contributed by atoms with Crippen LogP contribution in [0, 0.1) is 0 Å².